The van der Waals surface area contributed by atoms with Crippen molar-refractivity contribution in [1.82, 2.24) is 20.0 Å². The van der Waals surface area contributed by atoms with Crippen LogP contribution in [0.15, 0.2) is 42.5 Å². The van der Waals surface area contributed by atoms with Gasteiger partial charge in [-0.3, -0.25) is 24.6 Å². The van der Waals surface area contributed by atoms with Gasteiger partial charge in [0.15, 0.2) is 0 Å². The van der Waals surface area contributed by atoms with Gasteiger partial charge in [0.25, 0.3) is 5.91 Å². The molecule has 4 aliphatic heterocycles. The van der Waals surface area contributed by atoms with E-state index < -0.39 is 11.9 Å². The van der Waals surface area contributed by atoms with Crippen LogP contribution in [-0.2, 0) is 22.7 Å². The minimum atomic E-state index is -0.614. The molecule has 0 aliphatic carbocycles. The molecule has 1 N–H and O–H groups in total. The molecular formula is C33H41FN4O4. The number of piperidine rings is 3. The fraction of sp³-hybridized carbons (Fsp3) is 0.545. The largest absolute Gasteiger partial charge is 0.492 e. The minimum Gasteiger partial charge on any atom is -0.492 e. The lowest BCUT2D eigenvalue weighted by atomic mass is 9.89. The number of alkyl halides is 1. The summed E-state index contributed by atoms with van der Waals surface area (Å²) in [4.78, 5) is 43.2. The van der Waals surface area contributed by atoms with Gasteiger partial charge in [-0.15, -0.1) is 0 Å². The topological polar surface area (TPSA) is 82.2 Å². The second-order valence-corrected chi connectivity index (χ2v) is 12.2. The van der Waals surface area contributed by atoms with E-state index in [2.05, 4.69) is 39.4 Å². The number of rotatable bonds is 9. The van der Waals surface area contributed by atoms with Crippen LogP contribution in [0.4, 0.5) is 4.39 Å². The van der Waals surface area contributed by atoms with E-state index >= 15 is 0 Å². The fourth-order valence-corrected chi connectivity index (χ4v) is 7.03. The molecule has 4 aliphatic rings. The molecule has 0 saturated carbocycles. The number of amides is 3. The van der Waals surface area contributed by atoms with Gasteiger partial charge in [0.05, 0.1) is 0 Å². The predicted molar refractivity (Wildman–Crippen MR) is 157 cm³/mol. The summed E-state index contributed by atoms with van der Waals surface area (Å²) in [6, 6.07) is 14.4. The zero-order valence-corrected chi connectivity index (χ0v) is 24.2. The number of carbonyl (C=O) groups excluding carboxylic acids is 3. The fourth-order valence-electron chi connectivity index (χ4n) is 7.03. The molecule has 2 atom stereocenters. The lowest BCUT2D eigenvalue weighted by molar-refractivity contribution is -0.136. The van der Waals surface area contributed by atoms with Crippen LogP contribution in [0.5, 0.6) is 5.75 Å². The highest BCUT2D eigenvalue weighted by molar-refractivity contribution is 6.05. The van der Waals surface area contributed by atoms with Crippen LogP contribution in [0.1, 0.15) is 77.9 Å². The molecule has 2 aromatic carbocycles. The average molecular weight is 577 g/mol. The van der Waals surface area contributed by atoms with Crippen LogP contribution in [0.2, 0.25) is 0 Å². The van der Waals surface area contributed by atoms with Crippen molar-refractivity contribution in [2.45, 2.75) is 76.0 Å². The predicted octanol–water partition coefficient (Wildman–Crippen LogP) is 4.03. The number of benzene rings is 2. The second kappa shape index (κ2) is 12.9. The van der Waals surface area contributed by atoms with Crippen LogP contribution in [0.25, 0.3) is 0 Å². The third-order valence-electron chi connectivity index (χ3n) is 9.51. The monoisotopic (exact) mass is 576 g/mol. The first kappa shape index (κ1) is 28.8. The van der Waals surface area contributed by atoms with Crippen LogP contribution >= 0.6 is 0 Å². The lowest BCUT2D eigenvalue weighted by Crippen LogP contribution is -2.52. The molecular weight excluding hydrogens is 535 g/mol. The number of halogens is 1. The molecule has 8 nitrogen and oxygen atoms in total. The Hall–Kier alpha value is -3.30. The molecule has 3 amide bonds. The Bertz CT molecular complexity index is 1290. The second-order valence-electron chi connectivity index (χ2n) is 12.2. The summed E-state index contributed by atoms with van der Waals surface area (Å²) < 4.78 is 19.0. The maximum absolute atomic E-state index is 13.0. The Morgan fingerprint density at radius 2 is 1.74 bits per heavy atom. The highest BCUT2D eigenvalue weighted by Crippen LogP contribution is 2.31. The summed E-state index contributed by atoms with van der Waals surface area (Å²) in [5.41, 5.74) is 4.16. The Morgan fingerprint density at radius 1 is 0.929 bits per heavy atom. The molecule has 2 aromatic rings. The van der Waals surface area contributed by atoms with Gasteiger partial charge in [0.2, 0.25) is 11.8 Å². The normalized spacial score (nSPS) is 24.1. The lowest BCUT2D eigenvalue weighted by Gasteiger charge is -2.35. The quantitative estimate of drug-likeness (QED) is 0.454. The molecule has 9 heteroatoms. The molecule has 224 valence electrons. The zero-order valence-electron chi connectivity index (χ0n) is 24.2. The van der Waals surface area contributed by atoms with Crippen LogP contribution in [0.3, 0.4) is 0 Å². The Balaban J connectivity index is 1.03. The number of hydrogen-bond donors (Lipinski definition) is 1. The van der Waals surface area contributed by atoms with Crippen molar-refractivity contribution in [3.63, 3.8) is 0 Å². The van der Waals surface area contributed by atoms with E-state index in [0.717, 1.165) is 56.8 Å². The van der Waals surface area contributed by atoms with E-state index in [1.54, 1.807) is 11.0 Å². The molecule has 0 spiro atoms. The molecule has 0 bridgehead atoms. The Labute approximate surface area is 247 Å². The number of nitrogens with one attached hydrogen (secondary N) is 1. The van der Waals surface area contributed by atoms with Gasteiger partial charge in [-0.05, 0) is 92.5 Å². The average Bonchev–Trinajstić information content (AvgIpc) is 3.33. The van der Waals surface area contributed by atoms with E-state index in [1.165, 1.54) is 24.0 Å². The number of imide groups is 1. The minimum absolute atomic E-state index is 0.169. The Kier molecular flexibility index (Phi) is 8.86. The summed E-state index contributed by atoms with van der Waals surface area (Å²) in [6.45, 7) is 5.11. The first-order valence-corrected chi connectivity index (χ1v) is 15.5. The van der Waals surface area contributed by atoms with Crippen molar-refractivity contribution in [3.05, 3.63) is 64.7 Å². The first-order chi connectivity index (χ1) is 20.5. The number of ether oxygens (including phenoxy) is 1. The van der Waals surface area contributed by atoms with Gasteiger partial charge >= 0.3 is 0 Å². The molecule has 3 fully saturated rings. The van der Waals surface area contributed by atoms with Crippen molar-refractivity contribution < 1.29 is 23.5 Å². The van der Waals surface area contributed by atoms with E-state index in [4.69, 9.17) is 4.74 Å². The van der Waals surface area contributed by atoms with Crippen molar-refractivity contribution in [2.75, 3.05) is 39.5 Å². The van der Waals surface area contributed by atoms with Gasteiger partial charge in [0, 0.05) is 37.7 Å². The van der Waals surface area contributed by atoms with Crippen molar-refractivity contribution in [1.29, 1.82) is 0 Å². The van der Waals surface area contributed by atoms with Crippen molar-refractivity contribution in [3.8, 4) is 5.75 Å². The van der Waals surface area contributed by atoms with Gasteiger partial charge in [-0.2, -0.15) is 0 Å². The van der Waals surface area contributed by atoms with Gasteiger partial charge in [-0.1, -0.05) is 30.7 Å². The first-order valence-electron chi connectivity index (χ1n) is 15.5. The molecule has 0 radical (unpaired) electrons. The number of hydrogen-bond acceptors (Lipinski definition) is 6. The number of fused-ring (bicyclic) bond motifs is 1. The third-order valence-corrected chi connectivity index (χ3v) is 9.51. The maximum Gasteiger partial charge on any atom is 0.255 e. The smallest absolute Gasteiger partial charge is 0.255 e. The van der Waals surface area contributed by atoms with Gasteiger partial charge < -0.3 is 14.5 Å². The highest BCUT2D eigenvalue weighted by Gasteiger charge is 2.39. The Morgan fingerprint density at radius 3 is 2.50 bits per heavy atom. The summed E-state index contributed by atoms with van der Waals surface area (Å²) in [6.07, 6.45) is 6.24. The molecule has 2 unspecified atom stereocenters. The number of carbonyl (C=O) groups is 3. The van der Waals surface area contributed by atoms with Crippen LogP contribution in [-0.4, -0.2) is 84.0 Å². The molecule has 4 heterocycles. The van der Waals surface area contributed by atoms with Crippen molar-refractivity contribution in [2.24, 2.45) is 0 Å². The molecule has 0 aromatic heterocycles. The maximum atomic E-state index is 13.0. The van der Waals surface area contributed by atoms with Gasteiger partial charge in [-0.25, -0.2) is 4.39 Å². The van der Waals surface area contributed by atoms with Crippen LogP contribution < -0.4 is 10.1 Å². The molecule has 3 saturated heterocycles. The summed E-state index contributed by atoms with van der Waals surface area (Å²) >= 11 is 0. The summed E-state index contributed by atoms with van der Waals surface area (Å²) in [5.74, 6) is 0.445. The van der Waals surface area contributed by atoms with E-state index in [9.17, 15) is 18.8 Å². The number of likely N-dealkylation sites (tertiary alicyclic amines) is 2. The van der Waals surface area contributed by atoms with Crippen LogP contribution in [0, 0.1) is 0 Å². The molecule has 42 heavy (non-hydrogen) atoms. The van der Waals surface area contributed by atoms with Gasteiger partial charge in [0.1, 0.15) is 25.1 Å². The van der Waals surface area contributed by atoms with E-state index in [0.29, 0.717) is 43.6 Å². The zero-order chi connectivity index (χ0) is 29.1. The molecule has 6 rings (SSSR count). The number of nitrogens with zero attached hydrogens (tertiary/aromatic N) is 3. The van der Waals surface area contributed by atoms with E-state index in [-0.39, 0.29) is 24.9 Å². The summed E-state index contributed by atoms with van der Waals surface area (Å²) in [5, 5.41) is 2.35. The van der Waals surface area contributed by atoms with E-state index in [1.807, 2.05) is 12.1 Å². The summed E-state index contributed by atoms with van der Waals surface area (Å²) in [7, 11) is 0. The third kappa shape index (κ3) is 6.37. The highest BCUT2D eigenvalue weighted by atomic mass is 19.1. The standard InChI is InChI=1S/C33H41FN4O4/c34-14-18-36-16-12-25(13-17-36)24-6-4-23(5-7-24)20-37-15-2-1-3-27(37)22-42-28-8-9-29-26(19-28)21-38(33(29)41)30-10-11-31(39)35-32(30)40/h4-9,19,25,27,30H,1-3,10-18,20-22H2,(H,35,39,40). The van der Waals surface area contributed by atoms with Crippen molar-refractivity contribution >= 4 is 17.7 Å². The SMILES string of the molecule is O=C1CCC(N2Cc3cc(OCC4CCCCN4Cc4ccc(C5CCN(CCF)CC5)cc4)ccc3C2=O)C(=O)N1.